The molecule has 4 heteroatoms. The Morgan fingerprint density at radius 2 is 2.00 bits per heavy atom. The molecular formula is C10H19N3O. The second-order valence-corrected chi connectivity index (χ2v) is 3.89. The van der Waals surface area contributed by atoms with Crippen LogP contribution in [0, 0.1) is 23.2 Å². The van der Waals surface area contributed by atoms with Crippen LogP contribution in [0.25, 0.3) is 0 Å². The van der Waals surface area contributed by atoms with Gasteiger partial charge < -0.3 is 10.6 Å². The molecule has 0 aromatic rings. The molecule has 0 aliphatic carbocycles. The Bertz CT molecular complexity index is 232. The van der Waals surface area contributed by atoms with Gasteiger partial charge in [-0.15, -0.1) is 0 Å². The summed E-state index contributed by atoms with van der Waals surface area (Å²) in [6.07, 6.45) is 0. The zero-order valence-corrected chi connectivity index (χ0v) is 9.32. The van der Waals surface area contributed by atoms with Gasteiger partial charge in [0.15, 0.2) is 0 Å². The first-order valence-electron chi connectivity index (χ1n) is 4.81. The molecule has 1 amide bonds. The smallest absolute Gasteiger partial charge is 0.237 e. The fraction of sp³-hybridized carbons (Fsp3) is 0.800. The van der Waals surface area contributed by atoms with Crippen molar-refractivity contribution >= 4 is 5.91 Å². The Morgan fingerprint density at radius 1 is 1.50 bits per heavy atom. The van der Waals surface area contributed by atoms with E-state index in [2.05, 4.69) is 6.07 Å². The number of nitriles is 1. The van der Waals surface area contributed by atoms with Gasteiger partial charge in [-0.05, 0) is 11.8 Å². The van der Waals surface area contributed by atoms with Crippen LogP contribution < -0.4 is 5.73 Å². The minimum Gasteiger partial charge on any atom is -0.328 e. The van der Waals surface area contributed by atoms with Crippen LogP contribution in [0.2, 0.25) is 0 Å². The number of likely N-dealkylation sites (N-methyl/N-ethyl adjacent to an activating group) is 1. The molecule has 0 bridgehead atoms. The van der Waals surface area contributed by atoms with Crippen molar-refractivity contribution in [2.75, 3.05) is 13.6 Å². The molecule has 4 nitrogen and oxygen atoms in total. The van der Waals surface area contributed by atoms with E-state index in [4.69, 9.17) is 11.0 Å². The van der Waals surface area contributed by atoms with Crippen molar-refractivity contribution < 1.29 is 4.79 Å². The lowest BCUT2D eigenvalue weighted by Crippen LogP contribution is -2.44. The average molecular weight is 197 g/mol. The number of rotatable bonds is 4. The monoisotopic (exact) mass is 197 g/mol. The predicted octanol–water partition coefficient (Wildman–Crippen LogP) is 0.588. The van der Waals surface area contributed by atoms with Gasteiger partial charge in [-0.25, -0.2) is 0 Å². The van der Waals surface area contributed by atoms with Crippen molar-refractivity contribution in [2.45, 2.75) is 26.8 Å². The Labute approximate surface area is 85.7 Å². The van der Waals surface area contributed by atoms with Crippen LogP contribution in [0.1, 0.15) is 20.8 Å². The summed E-state index contributed by atoms with van der Waals surface area (Å²) in [7, 11) is 1.63. The Balaban J connectivity index is 4.58. The second kappa shape index (κ2) is 5.61. The average Bonchev–Trinajstić information content (AvgIpc) is 2.17. The highest BCUT2D eigenvalue weighted by Gasteiger charge is 2.26. The van der Waals surface area contributed by atoms with Gasteiger partial charge in [-0.3, -0.25) is 4.79 Å². The minimum absolute atomic E-state index is 0.0422. The van der Waals surface area contributed by atoms with Gasteiger partial charge in [0.05, 0.1) is 12.6 Å². The second-order valence-electron chi connectivity index (χ2n) is 3.89. The van der Waals surface area contributed by atoms with Crippen LogP contribution in [0.15, 0.2) is 0 Å². The number of carbonyl (C=O) groups is 1. The molecule has 0 aliphatic rings. The lowest BCUT2D eigenvalue weighted by Gasteiger charge is -2.29. The van der Waals surface area contributed by atoms with Gasteiger partial charge in [0.2, 0.25) is 5.91 Å². The molecule has 80 valence electrons. The maximum absolute atomic E-state index is 11.3. The van der Waals surface area contributed by atoms with E-state index >= 15 is 0 Å². The first kappa shape index (κ1) is 12.9. The molecule has 0 rings (SSSR count). The van der Waals surface area contributed by atoms with E-state index < -0.39 is 0 Å². The van der Waals surface area contributed by atoms with Crippen molar-refractivity contribution in [1.29, 1.82) is 5.26 Å². The van der Waals surface area contributed by atoms with Crippen LogP contribution in [0.4, 0.5) is 0 Å². The lowest BCUT2D eigenvalue weighted by atomic mass is 9.90. The van der Waals surface area contributed by atoms with Crippen molar-refractivity contribution in [3.8, 4) is 6.07 Å². The highest BCUT2D eigenvalue weighted by Crippen LogP contribution is 2.18. The Hall–Kier alpha value is -1.08. The van der Waals surface area contributed by atoms with Gasteiger partial charge in [0.1, 0.15) is 6.04 Å². The third kappa shape index (κ3) is 3.00. The lowest BCUT2D eigenvalue weighted by molar-refractivity contribution is -0.130. The largest absolute Gasteiger partial charge is 0.328 e. The van der Waals surface area contributed by atoms with E-state index in [-0.39, 0.29) is 24.4 Å². The predicted molar refractivity (Wildman–Crippen MR) is 55.2 cm³/mol. The van der Waals surface area contributed by atoms with Gasteiger partial charge in [-0.1, -0.05) is 20.8 Å². The van der Waals surface area contributed by atoms with Crippen LogP contribution in [-0.4, -0.2) is 30.4 Å². The number of amides is 1. The normalized spacial score (nSPS) is 14.6. The summed E-state index contributed by atoms with van der Waals surface area (Å²) < 4.78 is 0. The van der Waals surface area contributed by atoms with E-state index in [1.54, 1.807) is 7.05 Å². The molecule has 0 saturated heterocycles. The quantitative estimate of drug-likeness (QED) is 0.717. The van der Waals surface area contributed by atoms with Gasteiger partial charge in [0, 0.05) is 7.05 Å². The first-order valence-corrected chi connectivity index (χ1v) is 4.81. The summed E-state index contributed by atoms with van der Waals surface area (Å²) in [5.74, 6) is 0.331. The topological polar surface area (TPSA) is 70.1 Å². The molecule has 0 heterocycles. The number of carbonyl (C=O) groups excluding carboxylic acids is 1. The van der Waals surface area contributed by atoms with Crippen molar-refractivity contribution in [3.05, 3.63) is 0 Å². The number of hydrogen-bond acceptors (Lipinski definition) is 3. The van der Waals surface area contributed by atoms with Crippen LogP contribution >= 0.6 is 0 Å². The van der Waals surface area contributed by atoms with Crippen molar-refractivity contribution in [1.82, 2.24) is 4.90 Å². The van der Waals surface area contributed by atoms with Crippen LogP contribution in [-0.2, 0) is 4.79 Å². The zero-order valence-electron chi connectivity index (χ0n) is 9.32. The zero-order chi connectivity index (χ0) is 11.3. The van der Waals surface area contributed by atoms with Gasteiger partial charge >= 0.3 is 0 Å². The van der Waals surface area contributed by atoms with E-state index in [1.807, 2.05) is 20.8 Å². The van der Waals surface area contributed by atoms with Crippen LogP contribution in [0.3, 0.4) is 0 Å². The number of nitrogens with two attached hydrogens (primary N) is 1. The fourth-order valence-electron chi connectivity index (χ4n) is 1.22. The fourth-order valence-corrected chi connectivity index (χ4v) is 1.22. The molecule has 0 radical (unpaired) electrons. The SMILES string of the molecule is CC(C)C(C)[C@H](C#N)N(C)C(=O)CN. The molecule has 0 aromatic carbocycles. The minimum atomic E-state index is -0.383. The Kier molecular flexibility index (Phi) is 5.18. The summed E-state index contributed by atoms with van der Waals surface area (Å²) in [4.78, 5) is 12.7. The molecule has 2 atom stereocenters. The number of nitrogens with zero attached hydrogens (tertiary/aromatic N) is 2. The summed E-state index contributed by atoms with van der Waals surface area (Å²) in [5, 5.41) is 8.98. The standard InChI is InChI=1S/C10H19N3O/c1-7(2)8(3)9(5-11)13(4)10(14)6-12/h7-9H,6,12H2,1-4H3/t8?,9-/m0/s1. The molecular weight excluding hydrogens is 178 g/mol. The third-order valence-corrected chi connectivity index (χ3v) is 2.67. The molecule has 2 N–H and O–H groups in total. The van der Waals surface area contributed by atoms with E-state index in [0.29, 0.717) is 5.92 Å². The third-order valence-electron chi connectivity index (χ3n) is 2.67. The van der Waals surface area contributed by atoms with E-state index in [9.17, 15) is 4.79 Å². The van der Waals surface area contributed by atoms with E-state index in [0.717, 1.165) is 0 Å². The van der Waals surface area contributed by atoms with Crippen molar-refractivity contribution in [3.63, 3.8) is 0 Å². The molecule has 0 fully saturated rings. The summed E-state index contributed by atoms with van der Waals surface area (Å²) in [6.45, 7) is 6.00. The molecule has 0 saturated carbocycles. The van der Waals surface area contributed by atoms with Gasteiger partial charge in [0.25, 0.3) is 0 Å². The van der Waals surface area contributed by atoms with Crippen LogP contribution in [0.5, 0.6) is 0 Å². The summed E-state index contributed by atoms with van der Waals surface area (Å²) in [5.41, 5.74) is 5.24. The number of hydrogen-bond donors (Lipinski definition) is 1. The first-order chi connectivity index (χ1) is 6.45. The Morgan fingerprint density at radius 3 is 2.29 bits per heavy atom. The molecule has 0 spiro atoms. The molecule has 0 aliphatic heterocycles. The summed E-state index contributed by atoms with van der Waals surface area (Å²) in [6, 6.07) is 1.76. The highest BCUT2D eigenvalue weighted by molar-refractivity contribution is 5.78. The molecule has 1 unspecified atom stereocenters. The van der Waals surface area contributed by atoms with Crippen molar-refractivity contribution in [2.24, 2.45) is 17.6 Å². The maximum atomic E-state index is 11.3. The van der Waals surface area contributed by atoms with Gasteiger partial charge in [-0.2, -0.15) is 5.26 Å². The summed E-state index contributed by atoms with van der Waals surface area (Å²) >= 11 is 0. The van der Waals surface area contributed by atoms with E-state index in [1.165, 1.54) is 4.90 Å². The highest BCUT2D eigenvalue weighted by atomic mass is 16.2. The maximum Gasteiger partial charge on any atom is 0.237 e. The molecule has 0 aromatic heterocycles. The molecule has 14 heavy (non-hydrogen) atoms.